The highest BCUT2D eigenvalue weighted by atomic mass is 35.5. The molecular weight excluding hydrogens is 338 g/mol. The van der Waals surface area contributed by atoms with Crippen LogP contribution in [0.4, 0.5) is 0 Å². The number of hydrogen-bond donors (Lipinski definition) is 2. The molecule has 0 heterocycles. The van der Waals surface area contributed by atoms with Crippen molar-refractivity contribution in [3.63, 3.8) is 0 Å². The number of benzene rings is 2. The van der Waals surface area contributed by atoms with Gasteiger partial charge in [-0.15, -0.1) is 11.6 Å². The standard InChI is InChI=1S/C19H18ClN3O2/c20-12-14-5-4-8-16(11-14)18(24)23-13-17(19(25)22-10-9-21)15-6-2-1-3-7-15/h1-8,11,17H,10,12-13H2,(H,22,25)(H,23,24). The van der Waals surface area contributed by atoms with Crippen molar-refractivity contribution in [2.75, 3.05) is 13.1 Å². The minimum Gasteiger partial charge on any atom is -0.351 e. The fraction of sp³-hybridized carbons (Fsp3) is 0.211. The average Bonchev–Trinajstić information content (AvgIpc) is 2.67. The Labute approximate surface area is 151 Å². The Hall–Kier alpha value is -2.84. The Morgan fingerprint density at radius 2 is 1.84 bits per heavy atom. The van der Waals surface area contributed by atoms with E-state index < -0.39 is 5.92 Å². The molecule has 6 heteroatoms. The maximum atomic E-state index is 12.3. The molecule has 0 saturated heterocycles. The van der Waals surface area contributed by atoms with Gasteiger partial charge in [-0.05, 0) is 23.3 Å². The number of carbonyl (C=O) groups excluding carboxylic acids is 2. The fourth-order valence-corrected chi connectivity index (χ4v) is 2.56. The van der Waals surface area contributed by atoms with Crippen LogP contribution >= 0.6 is 11.6 Å². The van der Waals surface area contributed by atoms with Gasteiger partial charge in [0.25, 0.3) is 5.91 Å². The van der Waals surface area contributed by atoms with Gasteiger partial charge in [0.1, 0.15) is 6.54 Å². The van der Waals surface area contributed by atoms with Crippen molar-refractivity contribution in [1.82, 2.24) is 10.6 Å². The summed E-state index contributed by atoms with van der Waals surface area (Å²) in [5.74, 6) is -0.831. The second-order valence-corrected chi connectivity index (χ2v) is 5.65. The molecule has 0 aromatic heterocycles. The molecule has 5 nitrogen and oxygen atoms in total. The number of hydrogen-bond acceptors (Lipinski definition) is 3. The topological polar surface area (TPSA) is 82.0 Å². The molecule has 2 N–H and O–H groups in total. The first-order valence-electron chi connectivity index (χ1n) is 7.78. The first-order valence-corrected chi connectivity index (χ1v) is 8.32. The fourth-order valence-electron chi connectivity index (χ4n) is 2.39. The van der Waals surface area contributed by atoms with Gasteiger partial charge in [0.05, 0.1) is 12.0 Å². The molecule has 2 aromatic carbocycles. The Bertz CT molecular complexity index is 772. The van der Waals surface area contributed by atoms with Gasteiger partial charge in [-0.3, -0.25) is 9.59 Å². The summed E-state index contributed by atoms with van der Waals surface area (Å²) in [6.07, 6.45) is 0. The van der Waals surface area contributed by atoms with Crippen LogP contribution < -0.4 is 10.6 Å². The minimum atomic E-state index is -0.574. The van der Waals surface area contributed by atoms with Gasteiger partial charge in [-0.2, -0.15) is 5.26 Å². The Morgan fingerprint density at radius 3 is 2.52 bits per heavy atom. The van der Waals surface area contributed by atoms with Crippen LogP contribution in [-0.2, 0) is 10.7 Å². The highest BCUT2D eigenvalue weighted by molar-refractivity contribution is 6.17. The third kappa shape index (κ3) is 5.33. The molecule has 0 aliphatic rings. The van der Waals surface area contributed by atoms with Gasteiger partial charge < -0.3 is 10.6 Å². The molecule has 25 heavy (non-hydrogen) atoms. The maximum absolute atomic E-state index is 12.3. The van der Waals surface area contributed by atoms with Gasteiger partial charge >= 0.3 is 0 Å². The lowest BCUT2D eigenvalue weighted by Crippen LogP contribution is -2.37. The first-order chi connectivity index (χ1) is 12.2. The van der Waals surface area contributed by atoms with Crippen molar-refractivity contribution >= 4 is 23.4 Å². The highest BCUT2D eigenvalue weighted by Gasteiger charge is 2.21. The van der Waals surface area contributed by atoms with Crippen LogP contribution in [-0.4, -0.2) is 24.9 Å². The summed E-state index contributed by atoms with van der Waals surface area (Å²) in [6.45, 7) is 0.0547. The molecule has 128 valence electrons. The van der Waals surface area contributed by atoms with Gasteiger partial charge in [0, 0.05) is 18.0 Å². The second kappa shape index (κ2) is 9.45. The predicted molar refractivity (Wildman–Crippen MR) is 96.1 cm³/mol. The van der Waals surface area contributed by atoms with E-state index in [0.29, 0.717) is 11.4 Å². The van der Waals surface area contributed by atoms with Gasteiger partial charge in [-0.1, -0.05) is 42.5 Å². The minimum absolute atomic E-state index is 0.0755. The number of nitrogens with one attached hydrogen (secondary N) is 2. The number of rotatable bonds is 7. The maximum Gasteiger partial charge on any atom is 0.251 e. The van der Waals surface area contributed by atoms with Crippen LogP contribution in [0, 0.1) is 11.3 Å². The SMILES string of the molecule is N#CCNC(=O)C(CNC(=O)c1cccc(CCl)c1)c1ccccc1. The van der Waals surface area contributed by atoms with Crippen LogP contribution in [0.1, 0.15) is 27.4 Å². The molecule has 2 aromatic rings. The quantitative estimate of drug-likeness (QED) is 0.591. The van der Waals surface area contributed by atoms with Crippen molar-refractivity contribution in [1.29, 1.82) is 5.26 Å². The zero-order chi connectivity index (χ0) is 18.1. The molecule has 0 spiro atoms. The van der Waals surface area contributed by atoms with Crippen molar-refractivity contribution in [2.45, 2.75) is 11.8 Å². The molecular formula is C19H18ClN3O2. The van der Waals surface area contributed by atoms with E-state index in [1.165, 1.54) is 0 Å². The molecule has 1 unspecified atom stereocenters. The molecule has 2 rings (SSSR count). The normalized spacial score (nSPS) is 11.2. The van der Waals surface area contributed by atoms with E-state index in [1.807, 2.05) is 42.5 Å². The molecule has 0 aliphatic carbocycles. The summed E-state index contributed by atoms with van der Waals surface area (Å²) in [6, 6.07) is 18.0. The summed E-state index contributed by atoms with van der Waals surface area (Å²) in [5.41, 5.74) is 2.11. The lowest BCUT2D eigenvalue weighted by molar-refractivity contribution is -0.122. The Morgan fingerprint density at radius 1 is 1.08 bits per heavy atom. The lowest BCUT2D eigenvalue weighted by Gasteiger charge is -2.17. The Kier molecular flexibility index (Phi) is 7.00. The van der Waals surface area contributed by atoms with E-state index in [4.69, 9.17) is 16.9 Å². The zero-order valence-electron chi connectivity index (χ0n) is 13.5. The zero-order valence-corrected chi connectivity index (χ0v) is 14.3. The predicted octanol–water partition coefficient (Wildman–Crippen LogP) is 2.58. The summed E-state index contributed by atoms with van der Waals surface area (Å²) in [5, 5.41) is 14.0. The average molecular weight is 356 g/mol. The monoisotopic (exact) mass is 355 g/mol. The van der Waals surface area contributed by atoms with Crippen LogP contribution in [0.2, 0.25) is 0 Å². The Balaban J connectivity index is 2.10. The van der Waals surface area contributed by atoms with Crippen molar-refractivity contribution in [2.24, 2.45) is 0 Å². The number of nitriles is 1. The summed E-state index contributed by atoms with van der Waals surface area (Å²) in [4.78, 5) is 24.7. The first kappa shape index (κ1) is 18.5. The van der Waals surface area contributed by atoms with Crippen molar-refractivity contribution < 1.29 is 9.59 Å². The van der Waals surface area contributed by atoms with Crippen LogP contribution in [0.3, 0.4) is 0 Å². The lowest BCUT2D eigenvalue weighted by atomic mass is 9.98. The highest BCUT2D eigenvalue weighted by Crippen LogP contribution is 2.15. The smallest absolute Gasteiger partial charge is 0.251 e. The van der Waals surface area contributed by atoms with E-state index in [0.717, 1.165) is 11.1 Å². The van der Waals surface area contributed by atoms with E-state index >= 15 is 0 Å². The van der Waals surface area contributed by atoms with Crippen LogP contribution in [0.25, 0.3) is 0 Å². The van der Waals surface area contributed by atoms with E-state index in [2.05, 4.69) is 10.6 Å². The molecule has 0 saturated carbocycles. The van der Waals surface area contributed by atoms with Crippen LogP contribution in [0.5, 0.6) is 0 Å². The van der Waals surface area contributed by atoms with Crippen molar-refractivity contribution in [3.05, 3.63) is 71.3 Å². The van der Waals surface area contributed by atoms with Gasteiger partial charge in [0.2, 0.25) is 5.91 Å². The third-order valence-electron chi connectivity index (χ3n) is 3.67. The molecule has 0 radical (unpaired) electrons. The van der Waals surface area contributed by atoms with Gasteiger partial charge in [0.15, 0.2) is 0 Å². The number of nitrogens with zero attached hydrogens (tertiary/aromatic N) is 1. The largest absolute Gasteiger partial charge is 0.351 e. The van der Waals surface area contributed by atoms with Crippen molar-refractivity contribution in [3.8, 4) is 6.07 Å². The molecule has 0 fully saturated rings. The van der Waals surface area contributed by atoms with E-state index in [9.17, 15) is 9.59 Å². The van der Waals surface area contributed by atoms with E-state index in [-0.39, 0.29) is 24.9 Å². The van der Waals surface area contributed by atoms with E-state index in [1.54, 1.807) is 18.2 Å². The number of halogens is 1. The molecule has 2 amide bonds. The van der Waals surface area contributed by atoms with Crippen LogP contribution in [0.15, 0.2) is 54.6 Å². The second-order valence-electron chi connectivity index (χ2n) is 5.38. The number of amides is 2. The number of carbonyl (C=O) groups is 2. The summed E-state index contributed by atoms with van der Waals surface area (Å²) < 4.78 is 0. The third-order valence-corrected chi connectivity index (χ3v) is 3.98. The molecule has 1 atom stereocenters. The van der Waals surface area contributed by atoms with Gasteiger partial charge in [-0.25, -0.2) is 0 Å². The molecule has 0 bridgehead atoms. The number of alkyl halides is 1. The summed E-state index contributed by atoms with van der Waals surface area (Å²) in [7, 11) is 0. The summed E-state index contributed by atoms with van der Waals surface area (Å²) >= 11 is 5.79. The molecule has 0 aliphatic heterocycles.